The fraction of sp³-hybridized carbons (Fsp3) is 0.400. The Balaban J connectivity index is 0.00000289. The van der Waals surface area contributed by atoms with Gasteiger partial charge in [-0.3, -0.25) is 14.3 Å². The first-order valence-electron chi connectivity index (χ1n) is 5.08. The predicted octanol–water partition coefficient (Wildman–Crippen LogP) is -0.284. The van der Waals surface area contributed by atoms with Gasteiger partial charge in [-0.05, 0) is 18.1 Å². The van der Waals surface area contributed by atoms with Gasteiger partial charge in [0.15, 0.2) is 5.25 Å². The molecule has 1 aromatic rings. The van der Waals surface area contributed by atoms with Crippen molar-refractivity contribution >= 4 is 45.6 Å². The van der Waals surface area contributed by atoms with E-state index >= 15 is 0 Å². The second-order valence-electron chi connectivity index (χ2n) is 3.49. The van der Waals surface area contributed by atoms with E-state index in [1.165, 1.54) is 6.92 Å². The molecule has 0 spiro atoms. The van der Waals surface area contributed by atoms with Crippen molar-refractivity contribution in [2.75, 3.05) is 0 Å². The van der Waals surface area contributed by atoms with Crippen LogP contribution >= 0.6 is 0 Å². The molecule has 1 heterocycles. The number of pyridine rings is 1. The zero-order valence-corrected chi connectivity index (χ0v) is 10.1. The van der Waals surface area contributed by atoms with Crippen LogP contribution in [0.15, 0.2) is 24.5 Å². The minimum atomic E-state index is -4.35. The van der Waals surface area contributed by atoms with Crippen molar-refractivity contribution in [3.8, 4) is 0 Å². The third kappa shape index (κ3) is 5.45. The fourth-order valence-electron chi connectivity index (χ4n) is 1.34. The number of carbonyl (C=O) groups excluding carboxylic acids is 1. The average molecular weight is 282 g/mol. The Labute approximate surface area is 128 Å². The number of amides is 1. The molecule has 0 aliphatic heterocycles. The molecule has 1 atom stereocenters. The summed E-state index contributed by atoms with van der Waals surface area (Å²) in [5.41, 5.74) is 0.756. The first-order valence-corrected chi connectivity index (χ1v) is 6.58. The Hall–Kier alpha value is -0.470. The quantitative estimate of drug-likeness (QED) is 0.572. The average Bonchev–Trinajstić information content (AvgIpc) is 2.27. The van der Waals surface area contributed by atoms with E-state index in [2.05, 4.69) is 10.3 Å². The number of hydrogen-bond acceptors (Lipinski definition) is 4. The molecule has 18 heavy (non-hydrogen) atoms. The van der Waals surface area contributed by atoms with Crippen LogP contribution in [-0.4, -0.2) is 58.7 Å². The van der Waals surface area contributed by atoms with E-state index in [9.17, 15) is 13.2 Å². The number of nitrogens with one attached hydrogen (secondary N) is 1. The molecule has 8 heteroatoms. The number of aromatic nitrogens is 1. The van der Waals surface area contributed by atoms with Gasteiger partial charge >= 0.3 is 29.6 Å². The molecular weight excluding hydrogens is 267 g/mol. The summed E-state index contributed by atoms with van der Waals surface area (Å²) < 4.78 is 30.6. The topological polar surface area (TPSA) is 96.4 Å². The van der Waals surface area contributed by atoms with Crippen molar-refractivity contribution < 1.29 is 17.8 Å². The molecule has 1 aromatic heterocycles. The first-order chi connectivity index (χ1) is 7.95. The Bertz CT molecular complexity index is 478. The number of carbonyl (C=O) groups is 1. The molecule has 1 rings (SSSR count). The third-order valence-corrected chi connectivity index (χ3v) is 3.48. The fourth-order valence-corrected chi connectivity index (χ4v) is 2.11. The van der Waals surface area contributed by atoms with Crippen LogP contribution < -0.4 is 5.32 Å². The monoisotopic (exact) mass is 282 g/mol. The van der Waals surface area contributed by atoms with Crippen LogP contribution in [0.1, 0.15) is 18.9 Å². The molecule has 0 radical (unpaired) electrons. The van der Waals surface area contributed by atoms with E-state index in [0.29, 0.717) is 0 Å². The van der Waals surface area contributed by atoms with Gasteiger partial charge in [0.05, 0.1) is 0 Å². The maximum atomic E-state index is 11.5. The molecule has 0 saturated heterocycles. The van der Waals surface area contributed by atoms with Crippen LogP contribution in [0.2, 0.25) is 0 Å². The number of hydrogen-bond donors (Lipinski definition) is 2. The van der Waals surface area contributed by atoms with Crippen molar-refractivity contribution in [3.63, 3.8) is 0 Å². The molecule has 0 aliphatic carbocycles. The predicted molar refractivity (Wildman–Crippen MR) is 68.9 cm³/mol. The van der Waals surface area contributed by atoms with Gasteiger partial charge in [-0.1, -0.05) is 13.0 Å². The maximum absolute atomic E-state index is 11.5. The minimum absolute atomic E-state index is 0. The van der Waals surface area contributed by atoms with Crippen molar-refractivity contribution in [2.24, 2.45) is 0 Å². The second-order valence-corrected chi connectivity index (χ2v) is 5.09. The van der Waals surface area contributed by atoms with Gasteiger partial charge in [0.2, 0.25) is 5.91 Å². The summed E-state index contributed by atoms with van der Waals surface area (Å²) in [6.45, 7) is 1.70. The molecule has 2 N–H and O–H groups in total. The van der Waals surface area contributed by atoms with E-state index in [0.717, 1.165) is 5.56 Å². The molecule has 0 aliphatic rings. The van der Waals surface area contributed by atoms with Crippen LogP contribution in [0, 0.1) is 0 Å². The Morgan fingerprint density at radius 2 is 2.22 bits per heavy atom. The molecule has 0 fully saturated rings. The summed E-state index contributed by atoms with van der Waals surface area (Å²) >= 11 is 0. The van der Waals surface area contributed by atoms with Crippen molar-refractivity contribution in [1.82, 2.24) is 10.3 Å². The van der Waals surface area contributed by atoms with Crippen molar-refractivity contribution in [3.05, 3.63) is 30.1 Å². The third-order valence-electron chi connectivity index (χ3n) is 2.21. The van der Waals surface area contributed by atoms with Gasteiger partial charge in [0.25, 0.3) is 10.1 Å². The summed E-state index contributed by atoms with van der Waals surface area (Å²) in [7, 11) is -4.35. The van der Waals surface area contributed by atoms with Crippen molar-refractivity contribution in [2.45, 2.75) is 25.1 Å². The van der Waals surface area contributed by atoms with Crippen LogP contribution in [0.25, 0.3) is 0 Å². The molecular formula is C10H15N2NaO4S. The number of rotatable bonds is 5. The van der Waals surface area contributed by atoms with E-state index in [4.69, 9.17) is 4.55 Å². The molecule has 0 bridgehead atoms. The zero-order valence-electron chi connectivity index (χ0n) is 9.33. The zero-order chi connectivity index (χ0) is 12.9. The Morgan fingerprint density at radius 3 is 2.67 bits per heavy atom. The van der Waals surface area contributed by atoms with Gasteiger partial charge < -0.3 is 5.32 Å². The van der Waals surface area contributed by atoms with Gasteiger partial charge in [-0.2, -0.15) is 8.42 Å². The van der Waals surface area contributed by atoms with E-state index < -0.39 is 21.3 Å². The van der Waals surface area contributed by atoms with Gasteiger partial charge in [0.1, 0.15) is 0 Å². The second kappa shape index (κ2) is 7.85. The Morgan fingerprint density at radius 1 is 1.56 bits per heavy atom. The van der Waals surface area contributed by atoms with Gasteiger partial charge in [0, 0.05) is 18.9 Å². The SMILES string of the molecule is CCC(C(=O)NCc1cccnc1)S(=O)(=O)O.[NaH]. The molecule has 1 amide bonds. The van der Waals surface area contributed by atoms with E-state index in [1.807, 2.05) is 0 Å². The summed E-state index contributed by atoms with van der Waals surface area (Å²) in [5, 5.41) is 1.02. The molecule has 6 nitrogen and oxygen atoms in total. The van der Waals surface area contributed by atoms with Crippen LogP contribution in [0.4, 0.5) is 0 Å². The normalized spacial score (nSPS) is 12.3. The summed E-state index contributed by atoms with van der Waals surface area (Å²) in [6.07, 6.45) is 3.19. The van der Waals surface area contributed by atoms with E-state index in [-0.39, 0.29) is 42.5 Å². The van der Waals surface area contributed by atoms with Gasteiger partial charge in [-0.15, -0.1) is 0 Å². The molecule has 0 saturated carbocycles. The summed E-state index contributed by atoms with van der Waals surface area (Å²) in [5.74, 6) is -0.709. The molecule has 0 aromatic carbocycles. The first kappa shape index (κ1) is 17.5. The summed E-state index contributed by atoms with van der Waals surface area (Å²) in [6, 6.07) is 3.46. The number of nitrogens with zero attached hydrogens (tertiary/aromatic N) is 1. The standard InChI is InChI=1S/C10H14N2O4S.Na.H/c1-2-9(17(14,15)16)10(13)12-7-8-4-3-5-11-6-8;;/h3-6,9H,2,7H2,1H3,(H,12,13)(H,14,15,16);;. The molecule has 96 valence electrons. The van der Waals surface area contributed by atoms with Crippen LogP contribution in [0.5, 0.6) is 0 Å². The Kier molecular flexibility index (Phi) is 7.65. The van der Waals surface area contributed by atoms with Crippen molar-refractivity contribution in [1.29, 1.82) is 0 Å². The summed E-state index contributed by atoms with van der Waals surface area (Å²) in [4.78, 5) is 15.4. The van der Waals surface area contributed by atoms with Gasteiger partial charge in [-0.25, -0.2) is 0 Å². The van der Waals surface area contributed by atoms with Crippen LogP contribution in [0.3, 0.4) is 0 Å². The molecule has 1 unspecified atom stereocenters. The van der Waals surface area contributed by atoms with E-state index in [1.54, 1.807) is 24.5 Å². The van der Waals surface area contributed by atoms with Crippen LogP contribution in [-0.2, 0) is 21.5 Å².